The summed E-state index contributed by atoms with van der Waals surface area (Å²) in [6.07, 6.45) is 3.53. The van der Waals surface area contributed by atoms with E-state index in [1.54, 1.807) is 54.2 Å². The second-order valence-corrected chi connectivity index (χ2v) is 6.37. The van der Waals surface area contributed by atoms with E-state index in [1.807, 2.05) is 12.3 Å². The molecule has 1 heterocycles. The number of halogens is 1. The number of hydrogen-bond acceptors (Lipinski definition) is 4. The summed E-state index contributed by atoms with van der Waals surface area (Å²) in [5.41, 5.74) is 1.52. The Labute approximate surface area is 167 Å². The van der Waals surface area contributed by atoms with Crippen molar-refractivity contribution in [3.63, 3.8) is 0 Å². The molecule has 0 fully saturated rings. The highest BCUT2D eigenvalue weighted by atomic mass is 19.1. The van der Waals surface area contributed by atoms with Crippen LogP contribution in [0.2, 0.25) is 0 Å². The number of carbonyl (C=O) groups excluding carboxylic acids is 2. The predicted octanol–water partition coefficient (Wildman–Crippen LogP) is 2.66. The smallest absolute Gasteiger partial charge is 0.313 e. The Bertz CT molecular complexity index is 989. The summed E-state index contributed by atoms with van der Waals surface area (Å²) in [5.74, 6) is -1.42. The molecule has 0 saturated carbocycles. The Kier molecular flexibility index (Phi) is 6.57. The minimum absolute atomic E-state index is 0.0556. The normalized spacial score (nSPS) is 10.4. The van der Waals surface area contributed by atoms with Gasteiger partial charge in [0.05, 0.1) is 6.54 Å². The summed E-state index contributed by atoms with van der Waals surface area (Å²) in [6.45, 7) is 2.71. The van der Waals surface area contributed by atoms with Crippen LogP contribution in [0.4, 0.5) is 10.1 Å². The Morgan fingerprint density at radius 3 is 2.76 bits per heavy atom. The summed E-state index contributed by atoms with van der Waals surface area (Å²) >= 11 is 0. The molecule has 0 radical (unpaired) electrons. The zero-order chi connectivity index (χ0) is 20.6. The monoisotopic (exact) mass is 396 g/mol. The minimum Gasteiger partial charge on any atom is -0.492 e. The van der Waals surface area contributed by atoms with Crippen molar-refractivity contribution in [2.45, 2.75) is 20.0 Å². The van der Waals surface area contributed by atoms with Crippen LogP contribution in [0, 0.1) is 12.7 Å². The van der Waals surface area contributed by atoms with Gasteiger partial charge in [-0.25, -0.2) is 4.39 Å². The SMILES string of the molecule is Cc1ccc(CNC(=O)C(=O)Nc2cccc(OCCn3cccn3)c2)cc1F. The maximum Gasteiger partial charge on any atom is 0.313 e. The molecule has 2 aromatic carbocycles. The standard InChI is InChI=1S/C21H21FN4O3/c1-15-6-7-16(12-19(15)22)14-23-20(27)21(28)25-17-4-2-5-18(13-17)29-11-10-26-9-3-8-24-26/h2-9,12-13H,10-11,14H2,1H3,(H,23,27)(H,25,28). The summed E-state index contributed by atoms with van der Waals surface area (Å²) < 4.78 is 20.9. The molecular formula is C21H21FN4O3. The van der Waals surface area contributed by atoms with E-state index in [0.717, 1.165) is 0 Å². The van der Waals surface area contributed by atoms with Gasteiger partial charge in [-0.3, -0.25) is 14.3 Å². The largest absolute Gasteiger partial charge is 0.492 e. The molecule has 3 rings (SSSR count). The fourth-order valence-corrected chi connectivity index (χ4v) is 2.55. The Morgan fingerprint density at radius 2 is 2.00 bits per heavy atom. The highest BCUT2D eigenvalue weighted by molar-refractivity contribution is 6.39. The first-order valence-corrected chi connectivity index (χ1v) is 9.06. The van der Waals surface area contributed by atoms with Crippen molar-refractivity contribution in [1.29, 1.82) is 0 Å². The quantitative estimate of drug-likeness (QED) is 0.602. The third-order valence-corrected chi connectivity index (χ3v) is 4.14. The molecule has 0 aliphatic rings. The average Bonchev–Trinajstić information content (AvgIpc) is 3.22. The molecule has 29 heavy (non-hydrogen) atoms. The molecule has 0 aliphatic carbocycles. The number of carbonyl (C=O) groups is 2. The molecule has 0 atom stereocenters. The van der Waals surface area contributed by atoms with E-state index < -0.39 is 11.8 Å². The zero-order valence-electron chi connectivity index (χ0n) is 15.9. The third-order valence-electron chi connectivity index (χ3n) is 4.14. The van der Waals surface area contributed by atoms with Crippen molar-refractivity contribution in [1.82, 2.24) is 15.1 Å². The number of anilines is 1. The Morgan fingerprint density at radius 1 is 1.14 bits per heavy atom. The molecule has 2 amide bonds. The first-order valence-electron chi connectivity index (χ1n) is 9.06. The van der Waals surface area contributed by atoms with Gasteiger partial charge in [-0.2, -0.15) is 5.10 Å². The summed E-state index contributed by atoms with van der Waals surface area (Å²) in [4.78, 5) is 24.1. The first-order chi connectivity index (χ1) is 14.0. The van der Waals surface area contributed by atoms with Crippen LogP contribution >= 0.6 is 0 Å². The number of nitrogens with one attached hydrogen (secondary N) is 2. The van der Waals surface area contributed by atoms with Crippen molar-refractivity contribution in [3.8, 4) is 5.75 Å². The lowest BCUT2D eigenvalue weighted by atomic mass is 10.1. The van der Waals surface area contributed by atoms with Gasteiger partial charge in [0.15, 0.2) is 0 Å². The zero-order valence-corrected chi connectivity index (χ0v) is 15.9. The number of amides is 2. The predicted molar refractivity (Wildman–Crippen MR) is 106 cm³/mol. The maximum absolute atomic E-state index is 13.5. The Balaban J connectivity index is 1.48. The minimum atomic E-state index is -0.814. The molecule has 1 aromatic heterocycles. The van der Waals surface area contributed by atoms with Crippen LogP contribution in [0.5, 0.6) is 5.75 Å². The van der Waals surface area contributed by atoms with Crippen LogP contribution in [0.25, 0.3) is 0 Å². The van der Waals surface area contributed by atoms with Crippen LogP contribution in [0.3, 0.4) is 0 Å². The van der Waals surface area contributed by atoms with Crippen molar-refractivity contribution in [3.05, 3.63) is 77.9 Å². The third kappa shape index (κ3) is 5.90. The first kappa shape index (κ1) is 20.1. The molecular weight excluding hydrogens is 375 g/mol. The van der Waals surface area contributed by atoms with E-state index in [1.165, 1.54) is 6.07 Å². The number of aromatic nitrogens is 2. The second kappa shape index (κ2) is 9.50. The summed E-state index contributed by atoms with van der Waals surface area (Å²) in [5, 5.41) is 9.08. The van der Waals surface area contributed by atoms with E-state index in [2.05, 4.69) is 15.7 Å². The van der Waals surface area contributed by atoms with E-state index in [9.17, 15) is 14.0 Å². The number of aryl methyl sites for hydroxylation is 1. The molecule has 150 valence electrons. The summed E-state index contributed by atoms with van der Waals surface area (Å²) in [6, 6.07) is 13.2. The van der Waals surface area contributed by atoms with Crippen molar-refractivity contribution < 1.29 is 18.7 Å². The van der Waals surface area contributed by atoms with Crippen LogP contribution in [0.15, 0.2) is 60.9 Å². The molecule has 0 aliphatic heterocycles. The van der Waals surface area contributed by atoms with Gasteiger partial charge in [0.2, 0.25) is 0 Å². The molecule has 3 aromatic rings. The second-order valence-electron chi connectivity index (χ2n) is 6.37. The van der Waals surface area contributed by atoms with E-state index in [0.29, 0.717) is 35.7 Å². The van der Waals surface area contributed by atoms with Crippen LogP contribution in [0.1, 0.15) is 11.1 Å². The van der Waals surface area contributed by atoms with Crippen molar-refractivity contribution >= 4 is 17.5 Å². The average molecular weight is 396 g/mol. The topological polar surface area (TPSA) is 85.3 Å². The van der Waals surface area contributed by atoms with Crippen LogP contribution < -0.4 is 15.4 Å². The number of rotatable bonds is 7. The van der Waals surface area contributed by atoms with Gasteiger partial charge in [-0.15, -0.1) is 0 Å². The van der Waals surface area contributed by atoms with Crippen molar-refractivity contribution in [2.24, 2.45) is 0 Å². The van der Waals surface area contributed by atoms with Gasteiger partial charge in [-0.1, -0.05) is 18.2 Å². The number of nitrogens with zero attached hydrogens (tertiary/aromatic N) is 2. The highest BCUT2D eigenvalue weighted by Gasteiger charge is 2.14. The molecule has 7 nitrogen and oxygen atoms in total. The molecule has 2 N–H and O–H groups in total. The van der Waals surface area contributed by atoms with Gasteiger partial charge in [0, 0.05) is 30.7 Å². The van der Waals surface area contributed by atoms with Gasteiger partial charge in [0.1, 0.15) is 18.2 Å². The lowest BCUT2D eigenvalue weighted by Gasteiger charge is -2.10. The lowest BCUT2D eigenvalue weighted by molar-refractivity contribution is -0.136. The molecule has 0 unspecified atom stereocenters. The summed E-state index contributed by atoms with van der Waals surface area (Å²) in [7, 11) is 0. The lowest BCUT2D eigenvalue weighted by Crippen LogP contribution is -2.35. The van der Waals surface area contributed by atoms with Gasteiger partial charge in [0.25, 0.3) is 0 Å². The maximum atomic E-state index is 13.5. The van der Waals surface area contributed by atoms with E-state index in [4.69, 9.17) is 4.74 Å². The highest BCUT2D eigenvalue weighted by Crippen LogP contribution is 2.17. The number of hydrogen-bond donors (Lipinski definition) is 2. The van der Waals surface area contributed by atoms with Gasteiger partial charge >= 0.3 is 11.8 Å². The molecule has 0 bridgehead atoms. The van der Waals surface area contributed by atoms with E-state index >= 15 is 0 Å². The fraction of sp³-hybridized carbons (Fsp3) is 0.190. The van der Waals surface area contributed by atoms with E-state index in [-0.39, 0.29) is 12.4 Å². The molecule has 8 heteroatoms. The van der Waals surface area contributed by atoms with Crippen LogP contribution in [-0.4, -0.2) is 28.2 Å². The molecule has 0 saturated heterocycles. The number of benzene rings is 2. The fourth-order valence-electron chi connectivity index (χ4n) is 2.55. The number of ether oxygens (including phenoxy) is 1. The van der Waals surface area contributed by atoms with Gasteiger partial charge in [-0.05, 0) is 42.3 Å². The molecule has 0 spiro atoms. The van der Waals surface area contributed by atoms with Crippen molar-refractivity contribution in [2.75, 3.05) is 11.9 Å². The van der Waals surface area contributed by atoms with Crippen LogP contribution in [-0.2, 0) is 22.7 Å². The van der Waals surface area contributed by atoms with Gasteiger partial charge < -0.3 is 15.4 Å². The Hall–Kier alpha value is -3.68.